The Bertz CT molecular complexity index is 1120. The Labute approximate surface area is 188 Å². The number of carbonyl (C=O) groups excluding carboxylic acids is 1. The van der Waals surface area contributed by atoms with Gasteiger partial charge in [0.15, 0.2) is 0 Å². The van der Waals surface area contributed by atoms with Crippen LogP contribution in [-0.4, -0.2) is 26.7 Å². The summed E-state index contributed by atoms with van der Waals surface area (Å²) in [7, 11) is -3.88. The zero-order valence-electron chi connectivity index (χ0n) is 17.5. The molecule has 1 N–H and O–H groups in total. The highest BCUT2D eigenvalue weighted by atomic mass is 35.5. The van der Waals surface area contributed by atoms with Crippen LogP contribution in [0.1, 0.15) is 67.4 Å². The lowest BCUT2D eigenvalue weighted by atomic mass is 10.0. The van der Waals surface area contributed by atoms with Crippen molar-refractivity contribution in [2.45, 2.75) is 56.4 Å². The predicted octanol–water partition coefficient (Wildman–Crippen LogP) is 5.09. The Hall–Kier alpha value is -2.38. The molecule has 1 unspecified atom stereocenters. The minimum Gasteiger partial charge on any atom is -0.345 e. The van der Waals surface area contributed by atoms with E-state index in [-0.39, 0.29) is 21.5 Å². The van der Waals surface area contributed by atoms with Gasteiger partial charge in [-0.05, 0) is 37.0 Å². The molecule has 1 fully saturated rings. The molecule has 0 aliphatic carbocycles. The van der Waals surface area contributed by atoms with Crippen molar-refractivity contribution in [3.8, 4) is 0 Å². The molecule has 0 radical (unpaired) electrons. The predicted molar refractivity (Wildman–Crippen MR) is 123 cm³/mol. The molecule has 2 heterocycles. The highest BCUT2D eigenvalue weighted by Crippen LogP contribution is 2.38. The number of anilines is 1. The number of halogens is 1. The van der Waals surface area contributed by atoms with Gasteiger partial charge in [-0.25, -0.2) is 0 Å². The fourth-order valence-corrected chi connectivity index (χ4v) is 5.71. The number of rotatable bonds is 5. The molecule has 8 heteroatoms. The van der Waals surface area contributed by atoms with E-state index in [0.717, 1.165) is 37.7 Å². The first-order chi connectivity index (χ1) is 14.9. The maximum atomic E-state index is 13.1. The van der Waals surface area contributed by atoms with Crippen LogP contribution in [0, 0.1) is 0 Å². The van der Waals surface area contributed by atoms with Crippen LogP contribution in [0.5, 0.6) is 0 Å². The summed E-state index contributed by atoms with van der Waals surface area (Å²) >= 11 is 6.51. The number of amides is 1. The Balaban J connectivity index is 1.69. The number of nitrogens with one attached hydrogen (secondary N) is 1. The van der Waals surface area contributed by atoms with Gasteiger partial charge in [-0.15, -0.1) is 4.40 Å². The first-order valence-corrected chi connectivity index (χ1v) is 12.5. The number of hydrogen-bond acceptors (Lipinski definition) is 4. The molecule has 2 aromatic carbocycles. The van der Waals surface area contributed by atoms with E-state index >= 15 is 0 Å². The largest absolute Gasteiger partial charge is 0.345 e. The van der Waals surface area contributed by atoms with Crippen molar-refractivity contribution in [3.05, 3.63) is 58.6 Å². The fraction of sp³-hybridized carbons (Fsp3) is 0.391. The minimum atomic E-state index is -3.88. The molecule has 4 rings (SSSR count). The minimum absolute atomic E-state index is 0.0412. The van der Waals surface area contributed by atoms with Crippen molar-refractivity contribution in [2.75, 3.05) is 11.4 Å². The number of amidine groups is 1. The number of fused-ring (bicyclic) bond motifs is 3. The number of carbonyl (C=O) groups is 1. The van der Waals surface area contributed by atoms with Gasteiger partial charge >= 0.3 is 0 Å². The Morgan fingerprint density at radius 1 is 1.19 bits per heavy atom. The van der Waals surface area contributed by atoms with Gasteiger partial charge in [-0.2, -0.15) is 8.42 Å². The van der Waals surface area contributed by atoms with Crippen LogP contribution in [-0.2, 0) is 10.0 Å². The third-order valence-electron chi connectivity index (χ3n) is 5.77. The van der Waals surface area contributed by atoms with Crippen molar-refractivity contribution in [1.29, 1.82) is 0 Å². The summed E-state index contributed by atoms with van der Waals surface area (Å²) in [6, 6.07) is 12.5. The maximum Gasteiger partial charge on any atom is 0.286 e. The van der Waals surface area contributed by atoms with Crippen LogP contribution < -0.4 is 10.2 Å². The first kappa shape index (κ1) is 21.8. The SMILES string of the molecule is CCCC(NC(=O)c1cc2c(cc1Cl)N1CCCCCC1=NS2(=O)=O)c1ccccc1. The van der Waals surface area contributed by atoms with E-state index in [1.807, 2.05) is 35.2 Å². The monoisotopic (exact) mass is 459 g/mol. The van der Waals surface area contributed by atoms with Crippen molar-refractivity contribution in [3.63, 3.8) is 0 Å². The van der Waals surface area contributed by atoms with Crippen LogP contribution in [0.25, 0.3) is 0 Å². The van der Waals surface area contributed by atoms with Gasteiger partial charge in [-0.1, -0.05) is 61.7 Å². The van der Waals surface area contributed by atoms with Crippen molar-refractivity contribution in [2.24, 2.45) is 4.40 Å². The Morgan fingerprint density at radius 2 is 1.97 bits per heavy atom. The third kappa shape index (κ3) is 4.48. The molecule has 0 saturated carbocycles. The molecule has 6 nitrogen and oxygen atoms in total. The van der Waals surface area contributed by atoms with E-state index < -0.39 is 15.9 Å². The highest BCUT2D eigenvalue weighted by molar-refractivity contribution is 7.90. The first-order valence-electron chi connectivity index (χ1n) is 10.7. The molecular weight excluding hydrogens is 434 g/mol. The fourth-order valence-electron chi connectivity index (χ4n) is 4.20. The average molecular weight is 460 g/mol. The molecule has 1 amide bonds. The van der Waals surface area contributed by atoms with Crippen molar-refractivity contribution < 1.29 is 13.2 Å². The van der Waals surface area contributed by atoms with Gasteiger partial charge in [-0.3, -0.25) is 4.79 Å². The van der Waals surface area contributed by atoms with E-state index in [1.165, 1.54) is 6.07 Å². The number of nitrogens with zero attached hydrogens (tertiary/aromatic N) is 2. The van der Waals surface area contributed by atoms with E-state index in [0.29, 0.717) is 24.5 Å². The summed E-state index contributed by atoms with van der Waals surface area (Å²) in [5.41, 5.74) is 1.66. The summed E-state index contributed by atoms with van der Waals surface area (Å²) in [6.07, 6.45) is 5.16. The molecule has 2 aliphatic rings. The van der Waals surface area contributed by atoms with E-state index in [9.17, 15) is 13.2 Å². The van der Waals surface area contributed by atoms with Crippen molar-refractivity contribution >= 4 is 39.1 Å². The van der Waals surface area contributed by atoms with Crippen LogP contribution in [0.2, 0.25) is 5.02 Å². The molecule has 164 valence electrons. The van der Waals surface area contributed by atoms with E-state index in [1.54, 1.807) is 6.07 Å². The second kappa shape index (κ2) is 9.01. The van der Waals surface area contributed by atoms with E-state index in [4.69, 9.17) is 11.6 Å². The second-order valence-corrected chi connectivity index (χ2v) is 9.95. The number of hydrogen-bond donors (Lipinski definition) is 1. The van der Waals surface area contributed by atoms with Crippen LogP contribution in [0.4, 0.5) is 5.69 Å². The number of sulfonamides is 1. The Morgan fingerprint density at radius 3 is 2.71 bits per heavy atom. The normalized spacial score (nSPS) is 18.3. The molecule has 31 heavy (non-hydrogen) atoms. The van der Waals surface area contributed by atoms with E-state index in [2.05, 4.69) is 16.6 Å². The van der Waals surface area contributed by atoms with Crippen LogP contribution in [0.15, 0.2) is 51.8 Å². The molecule has 1 saturated heterocycles. The average Bonchev–Trinajstić information content (AvgIpc) is 2.98. The molecule has 1 atom stereocenters. The van der Waals surface area contributed by atoms with Crippen LogP contribution >= 0.6 is 11.6 Å². The smallest absolute Gasteiger partial charge is 0.286 e. The standard InChI is InChI=1S/C23H26ClN3O3S/c1-2-9-19(16-10-5-3-6-11-16)25-23(28)17-14-21-20(15-18(17)24)27-13-8-4-7-12-22(27)26-31(21,29)30/h3,5-6,10-11,14-15,19H,2,4,7-9,12-13H2,1H3,(H,25,28). The lowest BCUT2D eigenvalue weighted by Gasteiger charge is -2.30. The molecule has 0 aromatic heterocycles. The van der Waals surface area contributed by atoms with Gasteiger partial charge in [0.2, 0.25) is 0 Å². The highest BCUT2D eigenvalue weighted by Gasteiger charge is 2.33. The number of benzene rings is 2. The molecule has 2 aromatic rings. The lowest BCUT2D eigenvalue weighted by molar-refractivity contribution is 0.0934. The molecule has 0 spiro atoms. The quantitative estimate of drug-likeness (QED) is 0.675. The van der Waals surface area contributed by atoms with Gasteiger partial charge in [0.25, 0.3) is 15.9 Å². The summed E-state index contributed by atoms with van der Waals surface area (Å²) in [6.45, 7) is 2.74. The third-order valence-corrected chi connectivity index (χ3v) is 7.41. The summed E-state index contributed by atoms with van der Waals surface area (Å²) in [4.78, 5) is 15.1. The van der Waals surface area contributed by atoms with Gasteiger partial charge in [0, 0.05) is 13.0 Å². The maximum absolute atomic E-state index is 13.1. The molecule has 2 aliphatic heterocycles. The summed E-state index contributed by atoms with van der Waals surface area (Å²) < 4.78 is 29.8. The molecule has 0 bridgehead atoms. The van der Waals surface area contributed by atoms with Crippen LogP contribution in [0.3, 0.4) is 0 Å². The van der Waals surface area contributed by atoms with Gasteiger partial charge < -0.3 is 10.2 Å². The van der Waals surface area contributed by atoms with Gasteiger partial charge in [0.1, 0.15) is 10.7 Å². The van der Waals surface area contributed by atoms with Crippen molar-refractivity contribution in [1.82, 2.24) is 5.32 Å². The zero-order chi connectivity index (χ0) is 22.0. The lowest BCUT2D eigenvalue weighted by Crippen LogP contribution is -2.36. The topological polar surface area (TPSA) is 78.8 Å². The zero-order valence-corrected chi connectivity index (χ0v) is 19.0. The summed E-state index contributed by atoms with van der Waals surface area (Å²) in [5, 5.41) is 3.26. The summed E-state index contributed by atoms with van der Waals surface area (Å²) in [5.74, 6) is 0.168. The van der Waals surface area contributed by atoms with Gasteiger partial charge in [0.05, 0.1) is 22.3 Å². The molecular formula is C23H26ClN3O3S. The Kier molecular flexibility index (Phi) is 6.34. The second-order valence-electron chi connectivity index (χ2n) is 7.97.